The van der Waals surface area contributed by atoms with E-state index in [1.807, 2.05) is 41.3 Å². The highest BCUT2D eigenvalue weighted by Gasteiger charge is 2.31. The van der Waals surface area contributed by atoms with Gasteiger partial charge in [-0.2, -0.15) is 0 Å². The Morgan fingerprint density at radius 3 is 2.89 bits per heavy atom. The first-order valence-electron chi connectivity index (χ1n) is 9.52. The third kappa shape index (κ3) is 4.46. The maximum atomic E-state index is 12.9. The Morgan fingerprint density at radius 1 is 1.19 bits per heavy atom. The van der Waals surface area contributed by atoms with Gasteiger partial charge in [0.15, 0.2) is 0 Å². The van der Waals surface area contributed by atoms with Crippen molar-refractivity contribution in [3.8, 4) is 5.75 Å². The number of likely N-dealkylation sites (tertiary alicyclic amines) is 1. The van der Waals surface area contributed by atoms with Crippen LogP contribution in [0.4, 0.5) is 0 Å². The Hall–Kier alpha value is -2.44. The zero-order valence-corrected chi connectivity index (χ0v) is 15.4. The van der Waals surface area contributed by atoms with Crippen molar-refractivity contribution >= 4 is 5.91 Å². The average Bonchev–Trinajstić information content (AvgIpc) is 3.24. The van der Waals surface area contributed by atoms with E-state index in [-0.39, 0.29) is 5.91 Å². The van der Waals surface area contributed by atoms with Crippen LogP contribution < -0.4 is 4.74 Å². The third-order valence-electron chi connectivity index (χ3n) is 5.22. The molecule has 27 heavy (non-hydrogen) atoms. The lowest BCUT2D eigenvalue weighted by molar-refractivity contribution is 0.0185. The Kier molecular flexibility index (Phi) is 5.65. The van der Waals surface area contributed by atoms with E-state index in [0.717, 1.165) is 51.4 Å². The van der Waals surface area contributed by atoms with Gasteiger partial charge in [-0.1, -0.05) is 12.1 Å². The number of benzene rings is 1. The highest BCUT2D eigenvalue weighted by atomic mass is 16.5. The number of aromatic nitrogens is 1. The summed E-state index contributed by atoms with van der Waals surface area (Å²) in [5.41, 5.74) is 1.68. The number of hydrogen-bond acceptors (Lipinski definition) is 5. The van der Waals surface area contributed by atoms with Gasteiger partial charge in [-0.25, -0.2) is 0 Å². The molecular formula is C21H25N3O3. The van der Waals surface area contributed by atoms with E-state index in [0.29, 0.717) is 24.0 Å². The van der Waals surface area contributed by atoms with Gasteiger partial charge in [0.1, 0.15) is 12.4 Å². The van der Waals surface area contributed by atoms with E-state index >= 15 is 0 Å². The standard InChI is InChI=1S/C21H25N3O3/c25-21(24-8-6-19(15-24)23-9-11-26-12-10-23)18-4-1-5-20(13-18)27-16-17-3-2-7-22-14-17/h1-5,7,13-14,19H,6,8-12,15-16H2. The minimum Gasteiger partial charge on any atom is -0.489 e. The quantitative estimate of drug-likeness (QED) is 0.811. The average molecular weight is 367 g/mol. The third-order valence-corrected chi connectivity index (χ3v) is 5.22. The highest BCUT2D eigenvalue weighted by molar-refractivity contribution is 5.94. The van der Waals surface area contributed by atoms with Gasteiger partial charge >= 0.3 is 0 Å². The number of rotatable bonds is 5. The van der Waals surface area contributed by atoms with Crippen molar-refractivity contribution in [2.24, 2.45) is 0 Å². The summed E-state index contributed by atoms with van der Waals surface area (Å²) in [5.74, 6) is 0.784. The van der Waals surface area contributed by atoms with Crippen LogP contribution in [0.3, 0.4) is 0 Å². The Labute approximate surface area is 159 Å². The molecule has 1 amide bonds. The molecule has 0 spiro atoms. The predicted octanol–water partition coefficient (Wildman–Crippen LogP) is 2.21. The van der Waals surface area contributed by atoms with Crippen LogP contribution in [0.15, 0.2) is 48.8 Å². The van der Waals surface area contributed by atoms with Gasteiger partial charge in [0.2, 0.25) is 0 Å². The summed E-state index contributed by atoms with van der Waals surface area (Å²) in [6, 6.07) is 11.8. The number of nitrogens with zero attached hydrogens (tertiary/aromatic N) is 3. The molecule has 4 rings (SSSR count). The van der Waals surface area contributed by atoms with E-state index in [1.54, 1.807) is 12.4 Å². The van der Waals surface area contributed by atoms with Crippen molar-refractivity contribution in [2.75, 3.05) is 39.4 Å². The monoisotopic (exact) mass is 367 g/mol. The first-order chi connectivity index (χ1) is 13.3. The summed E-state index contributed by atoms with van der Waals surface area (Å²) in [6.07, 6.45) is 4.55. The summed E-state index contributed by atoms with van der Waals surface area (Å²) >= 11 is 0. The maximum absolute atomic E-state index is 12.9. The normalized spacial score (nSPS) is 20.6. The zero-order chi connectivity index (χ0) is 18.5. The van der Waals surface area contributed by atoms with Gasteiger partial charge in [-0.3, -0.25) is 14.7 Å². The summed E-state index contributed by atoms with van der Waals surface area (Å²) < 4.78 is 11.3. The van der Waals surface area contributed by atoms with Crippen LogP contribution >= 0.6 is 0 Å². The van der Waals surface area contributed by atoms with Gasteiger partial charge in [0, 0.05) is 55.7 Å². The Balaban J connectivity index is 1.36. The molecule has 0 saturated carbocycles. The summed E-state index contributed by atoms with van der Waals surface area (Å²) in [6.45, 7) is 5.55. The summed E-state index contributed by atoms with van der Waals surface area (Å²) in [5, 5.41) is 0. The van der Waals surface area contributed by atoms with Crippen molar-refractivity contribution in [1.29, 1.82) is 0 Å². The number of hydrogen-bond donors (Lipinski definition) is 0. The molecule has 6 nitrogen and oxygen atoms in total. The minimum atomic E-state index is 0.0811. The topological polar surface area (TPSA) is 54.9 Å². The molecule has 2 aliphatic rings. The summed E-state index contributed by atoms with van der Waals surface area (Å²) in [7, 11) is 0. The van der Waals surface area contributed by atoms with Gasteiger partial charge < -0.3 is 14.4 Å². The lowest BCUT2D eigenvalue weighted by atomic mass is 10.2. The number of carbonyl (C=O) groups is 1. The lowest BCUT2D eigenvalue weighted by Gasteiger charge is -2.32. The van der Waals surface area contributed by atoms with E-state index in [1.165, 1.54) is 0 Å². The molecule has 142 valence electrons. The van der Waals surface area contributed by atoms with Crippen LogP contribution in [0, 0.1) is 0 Å². The second-order valence-electron chi connectivity index (χ2n) is 7.02. The van der Waals surface area contributed by atoms with Crippen LogP contribution in [0.1, 0.15) is 22.3 Å². The molecule has 1 unspecified atom stereocenters. The Morgan fingerprint density at radius 2 is 2.07 bits per heavy atom. The Bertz CT molecular complexity index is 762. The zero-order valence-electron chi connectivity index (χ0n) is 15.4. The molecule has 1 aromatic carbocycles. The van der Waals surface area contributed by atoms with Gasteiger partial charge in [-0.05, 0) is 30.7 Å². The molecule has 0 radical (unpaired) electrons. The van der Waals surface area contributed by atoms with Crippen LogP contribution in [0.5, 0.6) is 5.75 Å². The fraction of sp³-hybridized carbons (Fsp3) is 0.429. The maximum Gasteiger partial charge on any atom is 0.254 e. The minimum absolute atomic E-state index is 0.0811. The smallest absolute Gasteiger partial charge is 0.254 e. The molecule has 1 aromatic heterocycles. The number of ether oxygens (including phenoxy) is 2. The van der Waals surface area contributed by atoms with Gasteiger partial charge in [-0.15, -0.1) is 0 Å². The second-order valence-corrected chi connectivity index (χ2v) is 7.02. The molecular weight excluding hydrogens is 342 g/mol. The number of amides is 1. The molecule has 0 N–H and O–H groups in total. The van der Waals surface area contributed by atoms with Crippen molar-refractivity contribution in [3.63, 3.8) is 0 Å². The molecule has 2 fully saturated rings. The van der Waals surface area contributed by atoms with Crippen LogP contribution in [0.25, 0.3) is 0 Å². The van der Waals surface area contributed by atoms with Gasteiger partial charge in [0.05, 0.1) is 13.2 Å². The first kappa shape index (κ1) is 17.9. The molecule has 2 aliphatic heterocycles. The molecule has 2 saturated heterocycles. The van der Waals surface area contributed by atoms with E-state index in [9.17, 15) is 4.79 Å². The summed E-state index contributed by atoms with van der Waals surface area (Å²) in [4.78, 5) is 21.4. The second kappa shape index (κ2) is 8.50. The van der Waals surface area contributed by atoms with Crippen LogP contribution in [-0.4, -0.2) is 66.1 Å². The van der Waals surface area contributed by atoms with E-state index < -0.39 is 0 Å². The molecule has 3 heterocycles. The first-order valence-corrected chi connectivity index (χ1v) is 9.52. The molecule has 0 aliphatic carbocycles. The fourth-order valence-corrected chi connectivity index (χ4v) is 3.72. The number of carbonyl (C=O) groups excluding carboxylic acids is 1. The van der Waals surface area contributed by atoms with E-state index in [2.05, 4.69) is 9.88 Å². The van der Waals surface area contributed by atoms with Crippen LogP contribution in [0.2, 0.25) is 0 Å². The number of pyridine rings is 1. The molecule has 0 bridgehead atoms. The largest absolute Gasteiger partial charge is 0.489 e. The van der Waals surface area contributed by atoms with Crippen molar-refractivity contribution in [2.45, 2.75) is 19.1 Å². The van der Waals surface area contributed by atoms with Crippen molar-refractivity contribution in [1.82, 2.24) is 14.8 Å². The highest BCUT2D eigenvalue weighted by Crippen LogP contribution is 2.21. The fourth-order valence-electron chi connectivity index (χ4n) is 3.72. The van der Waals surface area contributed by atoms with Crippen molar-refractivity contribution < 1.29 is 14.3 Å². The number of morpholine rings is 1. The van der Waals surface area contributed by atoms with E-state index in [4.69, 9.17) is 9.47 Å². The van der Waals surface area contributed by atoms with Gasteiger partial charge in [0.25, 0.3) is 5.91 Å². The lowest BCUT2D eigenvalue weighted by Crippen LogP contribution is -2.45. The predicted molar refractivity (Wildman–Crippen MR) is 102 cm³/mol. The molecule has 6 heteroatoms. The molecule has 2 aromatic rings. The molecule has 1 atom stereocenters. The van der Waals surface area contributed by atoms with Crippen molar-refractivity contribution in [3.05, 3.63) is 59.9 Å². The SMILES string of the molecule is O=C(c1cccc(OCc2cccnc2)c1)N1CCC(N2CCOCC2)C1. The van der Waals surface area contributed by atoms with Crippen LogP contribution in [-0.2, 0) is 11.3 Å².